The van der Waals surface area contributed by atoms with E-state index >= 15 is 0 Å². The van der Waals surface area contributed by atoms with Crippen LogP contribution in [0.2, 0.25) is 0 Å². The molecule has 0 aromatic heterocycles. The monoisotopic (exact) mass is 231 g/mol. The highest BCUT2D eigenvalue weighted by molar-refractivity contribution is 6.59. The summed E-state index contributed by atoms with van der Waals surface area (Å²) in [6, 6.07) is -0.485. The second-order valence-electron chi connectivity index (χ2n) is 3.77. The van der Waals surface area contributed by atoms with Crippen LogP contribution in [0.25, 0.3) is 0 Å². The van der Waals surface area contributed by atoms with Gasteiger partial charge in [-0.15, -0.1) is 10.2 Å². The number of hydrogen-bond donors (Lipinski definition) is 1. The highest BCUT2D eigenvalue weighted by Crippen LogP contribution is 2.16. The van der Waals surface area contributed by atoms with Gasteiger partial charge in [-0.05, 0) is 6.08 Å². The van der Waals surface area contributed by atoms with E-state index in [1.807, 2.05) is 4.90 Å². The number of allylic oxidation sites excluding steroid dienone is 1. The quantitative estimate of drug-likeness (QED) is 0.698. The molecule has 1 atom stereocenters. The number of carbonyl (C=O) groups is 1. The summed E-state index contributed by atoms with van der Waals surface area (Å²) >= 11 is 0. The van der Waals surface area contributed by atoms with Crippen molar-refractivity contribution in [3.63, 3.8) is 0 Å². The van der Waals surface area contributed by atoms with E-state index in [1.165, 1.54) is 0 Å². The fourth-order valence-corrected chi connectivity index (χ4v) is 1.99. The number of aliphatic imine (C=N–C) groups is 2. The molecule has 0 bridgehead atoms. The smallest absolute Gasteiger partial charge is 0.354 e. The van der Waals surface area contributed by atoms with Crippen LogP contribution in [0.3, 0.4) is 0 Å². The number of nitrogens with zero attached hydrogens (tertiary/aromatic N) is 5. The molecule has 1 unspecified atom stereocenters. The number of fused-ring (bicyclic) bond motifs is 1. The van der Waals surface area contributed by atoms with E-state index in [1.54, 1.807) is 18.6 Å². The third-order valence-corrected chi connectivity index (χ3v) is 2.76. The number of aliphatic carboxylic acids is 1. The molecule has 7 heteroatoms. The van der Waals surface area contributed by atoms with Crippen molar-refractivity contribution in [2.45, 2.75) is 6.04 Å². The zero-order chi connectivity index (χ0) is 11.8. The average molecular weight is 231 g/mol. The second-order valence-corrected chi connectivity index (χ2v) is 3.77. The first-order chi connectivity index (χ1) is 8.27. The summed E-state index contributed by atoms with van der Waals surface area (Å²) in [5, 5.41) is 16.8. The number of carboxylic acid groups (broad SMARTS) is 1. The molecule has 0 saturated heterocycles. The molecule has 3 aliphatic heterocycles. The number of carboxylic acids is 1. The molecule has 0 radical (unpaired) electrons. The second kappa shape index (κ2) is 3.62. The van der Waals surface area contributed by atoms with Crippen LogP contribution in [0, 0.1) is 0 Å². The van der Waals surface area contributed by atoms with E-state index in [0.717, 1.165) is 0 Å². The molecule has 0 aromatic carbocycles. The Hall–Kier alpha value is -2.31. The van der Waals surface area contributed by atoms with Gasteiger partial charge >= 0.3 is 5.97 Å². The van der Waals surface area contributed by atoms with Crippen LogP contribution in [0.5, 0.6) is 0 Å². The van der Waals surface area contributed by atoms with E-state index in [4.69, 9.17) is 5.11 Å². The molecule has 1 N–H and O–H groups in total. The van der Waals surface area contributed by atoms with Crippen molar-refractivity contribution in [2.24, 2.45) is 20.2 Å². The maximum atomic E-state index is 11.2. The Kier molecular flexibility index (Phi) is 2.10. The van der Waals surface area contributed by atoms with Gasteiger partial charge in [0, 0.05) is 12.7 Å². The molecule has 17 heavy (non-hydrogen) atoms. The van der Waals surface area contributed by atoms with Crippen molar-refractivity contribution < 1.29 is 9.90 Å². The molecule has 7 nitrogen and oxygen atoms in total. The zero-order valence-electron chi connectivity index (χ0n) is 8.82. The van der Waals surface area contributed by atoms with Crippen molar-refractivity contribution in [1.29, 1.82) is 0 Å². The molecule has 3 aliphatic rings. The Morgan fingerprint density at radius 1 is 1.47 bits per heavy atom. The molecule has 0 fully saturated rings. The predicted molar refractivity (Wildman–Crippen MR) is 62.9 cm³/mol. The lowest BCUT2D eigenvalue weighted by atomic mass is 10.0. The van der Waals surface area contributed by atoms with Crippen molar-refractivity contribution in [2.75, 3.05) is 13.1 Å². The Labute approximate surface area is 96.6 Å². The van der Waals surface area contributed by atoms with Gasteiger partial charge in [0.2, 0.25) is 0 Å². The van der Waals surface area contributed by atoms with Gasteiger partial charge in [-0.2, -0.15) is 0 Å². The van der Waals surface area contributed by atoms with Crippen molar-refractivity contribution in [3.8, 4) is 0 Å². The topological polar surface area (TPSA) is 90.0 Å². The van der Waals surface area contributed by atoms with Gasteiger partial charge < -0.3 is 10.0 Å². The molecule has 3 rings (SSSR count). The van der Waals surface area contributed by atoms with Crippen LogP contribution in [0.15, 0.2) is 32.5 Å². The first-order valence-corrected chi connectivity index (χ1v) is 5.16. The molecule has 0 aromatic rings. The highest BCUT2D eigenvalue weighted by Gasteiger charge is 2.38. The number of rotatable bonds is 2. The van der Waals surface area contributed by atoms with E-state index in [0.29, 0.717) is 24.5 Å². The zero-order valence-corrected chi connectivity index (χ0v) is 8.82. The Balaban J connectivity index is 2.03. The van der Waals surface area contributed by atoms with Crippen LogP contribution in [-0.2, 0) is 4.79 Å². The minimum absolute atomic E-state index is 0.00968. The highest BCUT2D eigenvalue weighted by atomic mass is 16.4. The largest absolute Gasteiger partial charge is 0.477 e. The molecule has 0 spiro atoms. The molecular weight excluding hydrogens is 222 g/mol. The molecule has 0 saturated carbocycles. The van der Waals surface area contributed by atoms with Crippen LogP contribution in [0.4, 0.5) is 0 Å². The predicted octanol–water partition coefficient (Wildman–Crippen LogP) is -0.438. The SMILES string of the molecule is O=C(O)C1=NN=C2C=CN=C2C1N1C=NCC1. The summed E-state index contributed by atoms with van der Waals surface area (Å²) in [4.78, 5) is 21.3. The van der Waals surface area contributed by atoms with Gasteiger partial charge in [-0.25, -0.2) is 4.79 Å². The summed E-state index contributed by atoms with van der Waals surface area (Å²) in [5.41, 5.74) is 1.25. The van der Waals surface area contributed by atoms with E-state index in [9.17, 15) is 4.79 Å². The van der Waals surface area contributed by atoms with Gasteiger partial charge in [-0.1, -0.05) is 0 Å². The number of hydrogen-bond acceptors (Lipinski definition) is 6. The summed E-state index contributed by atoms with van der Waals surface area (Å²) in [7, 11) is 0. The lowest BCUT2D eigenvalue weighted by Gasteiger charge is -2.27. The first kappa shape index (κ1) is 9.88. The van der Waals surface area contributed by atoms with Crippen LogP contribution < -0.4 is 0 Å². The summed E-state index contributed by atoms with van der Waals surface area (Å²) in [6.07, 6.45) is 4.97. The fourth-order valence-electron chi connectivity index (χ4n) is 1.99. The normalized spacial score (nSPS) is 25.5. The van der Waals surface area contributed by atoms with Crippen molar-refractivity contribution in [3.05, 3.63) is 12.3 Å². The standard InChI is InChI=1S/C10H9N5O2/c16-10(17)8-9(15-4-3-11-5-15)7-6(13-14-8)1-2-12-7/h1-2,5,9H,3-4H2,(H,16,17). The summed E-state index contributed by atoms with van der Waals surface area (Å²) < 4.78 is 0. The van der Waals surface area contributed by atoms with Crippen molar-refractivity contribution in [1.82, 2.24) is 4.90 Å². The van der Waals surface area contributed by atoms with Crippen LogP contribution in [0.1, 0.15) is 0 Å². The maximum Gasteiger partial charge on any atom is 0.354 e. The van der Waals surface area contributed by atoms with Gasteiger partial charge in [0.05, 0.1) is 18.6 Å². The molecule has 0 aliphatic carbocycles. The van der Waals surface area contributed by atoms with Crippen LogP contribution in [-0.4, -0.2) is 58.6 Å². The lowest BCUT2D eigenvalue weighted by molar-refractivity contribution is -0.129. The first-order valence-electron chi connectivity index (χ1n) is 5.16. The van der Waals surface area contributed by atoms with Gasteiger partial charge in [0.25, 0.3) is 0 Å². The minimum atomic E-state index is -1.08. The van der Waals surface area contributed by atoms with Gasteiger partial charge in [0.15, 0.2) is 5.71 Å². The van der Waals surface area contributed by atoms with Gasteiger partial charge in [0.1, 0.15) is 11.8 Å². The fraction of sp³-hybridized carbons (Fsp3) is 0.300. The van der Waals surface area contributed by atoms with Crippen molar-refractivity contribution >= 4 is 29.4 Å². The third kappa shape index (κ3) is 1.47. The Morgan fingerprint density at radius 3 is 3.06 bits per heavy atom. The lowest BCUT2D eigenvalue weighted by Crippen LogP contribution is -2.51. The Bertz CT molecular complexity index is 529. The molecule has 3 heterocycles. The van der Waals surface area contributed by atoms with E-state index < -0.39 is 12.0 Å². The van der Waals surface area contributed by atoms with E-state index in [2.05, 4.69) is 20.2 Å². The minimum Gasteiger partial charge on any atom is -0.477 e. The average Bonchev–Trinajstić information content (AvgIpc) is 2.98. The molecule has 86 valence electrons. The van der Waals surface area contributed by atoms with Crippen LogP contribution >= 0.6 is 0 Å². The van der Waals surface area contributed by atoms with Gasteiger partial charge in [-0.3, -0.25) is 9.98 Å². The molecular formula is C10H9N5O2. The summed E-state index contributed by atoms with van der Waals surface area (Å²) in [5.74, 6) is -1.08. The third-order valence-electron chi connectivity index (χ3n) is 2.76. The maximum absolute atomic E-state index is 11.2. The summed E-state index contributed by atoms with van der Waals surface area (Å²) in [6.45, 7) is 1.33. The molecule has 0 amide bonds. The van der Waals surface area contributed by atoms with E-state index in [-0.39, 0.29) is 5.71 Å². The Morgan fingerprint density at radius 2 is 2.35 bits per heavy atom.